The van der Waals surface area contributed by atoms with Gasteiger partial charge in [-0.25, -0.2) is 0 Å². The number of hydrogen-bond donors (Lipinski definition) is 3. The zero-order chi connectivity index (χ0) is 48.6. The first-order valence-electron chi connectivity index (χ1n) is 23.7. The van der Waals surface area contributed by atoms with Crippen LogP contribution in [0.5, 0.6) is 0 Å². The molecule has 3 aliphatic heterocycles. The molecule has 16 nitrogen and oxygen atoms in total. The van der Waals surface area contributed by atoms with Crippen LogP contribution in [0, 0.1) is 11.8 Å². The molecule has 66 heavy (non-hydrogen) atoms. The van der Waals surface area contributed by atoms with Crippen molar-refractivity contribution in [1.82, 2.24) is 4.90 Å². The van der Waals surface area contributed by atoms with Crippen LogP contribution in [0.1, 0.15) is 111 Å². The SMILES string of the molecule is CCC(=O)O[C@H]1[C@H](C)O[C@@H](O[C@H]2[C@H](N(C)C)[C@@H](O)[C@H](O[C@H]3C(CC=O)C[C@@H](C)[C@@H](O)/C=C/C=C/C[C@@H](C)OC(=O)CC(OC(=O)CCCCCc4ccccc4)[C@@H]3OC)O[C@@H]2C)C[C@@]1(C)O. The molecule has 3 N–H and O–H groups in total. The second-order valence-electron chi connectivity index (χ2n) is 18.6. The Bertz CT molecular complexity index is 1710. The Morgan fingerprint density at radius 2 is 1.65 bits per heavy atom. The fourth-order valence-corrected chi connectivity index (χ4v) is 9.21. The Kier molecular flexibility index (Phi) is 22.4. The zero-order valence-corrected chi connectivity index (χ0v) is 40.4. The number of unbranched alkanes of at least 4 members (excludes halogenated alkanes) is 2. The minimum atomic E-state index is -1.50. The molecule has 0 radical (unpaired) electrons. The number of aliphatic hydroxyl groups is 3. The summed E-state index contributed by atoms with van der Waals surface area (Å²) in [6.45, 7) is 10.2. The van der Waals surface area contributed by atoms with Gasteiger partial charge in [0.2, 0.25) is 0 Å². The molecule has 3 heterocycles. The van der Waals surface area contributed by atoms with Crippen LogP contribution in [-0.2, 0) is 63.5 Å². The summed E-state index contributed by atoms with van der Waals surface area (Å²) in [6, 6.07) is 9.29. The van der Waals surface area contributed by atoms with Crippen LogP contribution in [0.3, 0.4) is 0 Å². The molecule has 0 amide bonds. The molecule has 372 valence electrons. The monoisotopic (exact) mass is 932 g/mol. The predicted molar refractivity (Wildman–Crippen MR) is 244 cm³/mol. The van der Waals surface area contributed by atoms with E-state index in [-0.39, 0.29) is 32.1 Å². The molecule has 0 saturated carbocycles. The smallest absolute Gasteiger partial charge is 0.309 e. The summed E-state index contributed by atoms with van der Waals surface area (Å²) in [5, 5.41) is 34.9. The largest absolute Gasteiger partial charge is 0.462 e. The van der Waals surface area contributed by atoms with Crippen molar-refractivity contribution in [1.29, 1.82) is 0 Å². The van der Waals surface area contributed by atoms with E-state index in [4.69, 9.17) is 37.9 Å². The molecular formula is C50H77NO15. The normalized spacial score (nSPS) is 37.0. The van der Waals surface area contributed by atoms with Gasteiger partial charge in [0, 0.05) is 39.2 Å². The third-order valence-corrected chi connectivity index (χ3v) is 12.8. The lowest BCUT2D eigenvalue weighted by molar-refractivity contribution is -0.344. The van der Waals surface area contributed by atoms with Crippen molar-refractivity contribution in [2.24, 2.45) is 11.8 Å². The van der Waals surface area contributed by atoms with Crippen molar-refractivity contribution in [2.45, 2.75) is 197 Å². The van der Waals surface area contributed by atoms with Crippen LogP contribution in [0.2, 0.25) is 0 Å². The average molecular weight is 932 g/mol. The Balaban J connectivity index is 1.65. The van der Waals surface area contributed by atoms with Crippen molar-refractivity contribution < 1.29 is 72.4 Å². The summed E-state index contributed by atoms with van der Waals surface area (Å²) >= 11 is 0. The van der Waals surface area contributed by atoms with Gasteiger partial charge in [0.15, 0.2) is 18.7 Å². The van der Waals surface area contributed by atoms with Gasteiger partial charge in [-0.2, -0.15) is 0 Å². The van der Waals surface area contributed by atoms with Gasteiger partial charge in [-0.15, -0.1) is 0 Å². The highest BCUT2D eigenvalue weighted by atomic mass is 16.7. The maximum atomic E-state index is 13.7. The fourth-order valence-electron chi connectivity index (χ4n) is 9.21. The first-order valence-corrected chi connectivity index (χ1v) is 23.7. The molecule has 0 aliphatic carbocycles. The number of carbonyl (C=O) groups excluding carboxylic acids is 4. The van der Waals surface area contributed by atoms with Gasteiger partial charge in [-0.1, -0.05) is 74.9 Å². The van der Waals surface area contributed by atoms with E-state index in [1.165, 1.54) is 12.7 Å². The number of aldehydes is 1. The second-order valence-corrected chi connectivity index (χ2v) is 18.6. The Hall–Kier alpha value is -3.58. The van der Waals surface area contributed by atoms with Crippen LogP contribution in [-0.4, -0.2) is 151 Å². The molecule has 16 atom stereocenters. The lowest BCUT2D eigenvalue weighted by Gasteiger charge is -2.50. The number of carbonyl (C=O) groups is 4. The van der Waals surface area contributed by atoms with Crippen molar-refractivity contribution in [3.05, 3.63) is 60.2 Å². The summed E-state index contributed by atoms with van der Waals surface area (Å²) in [5.41, 5.74) is -0.290. The third-order valence-electron chi connectivity index (χ3n) is 12.8. The fraction of sp³-hybridized carbons (Fsp3) is 0.720. The number of methoxy groups -OCH3 is 1. The second kappa shape index (κ2) is 26.8. The average Bonchev–Trinajstić information content (AvgIpc) is 3.25. The van der Waals surface area contributed by atoms with Gasteiger partial charge < -0.3 is 62.9 Å². The van der Waals surface area contributed by atoms with Gasteiger partial charge in [0.05, 0.1) is 36.9 Å². The van der Waals surface area contributed by atoms with E-state index in [0.29, 0.717) is 12.8 Å². The minimum Gasteiger partial charge on any atom is -0.462 e. The molecule has 1 aromatic rings. The first kappa shape index (κ1) is 55.0. The van der Waals surface area contributed by atoms with Gasteiger partial charge in [-0.3, -0.25) is 14.4 Å². The first-order chi connectivity index (χ1) is 31.4. The topological polar surface area (TPSA) is 206 Å². The van der Waals surface area contributed by atoms with E-state index in [9.17, 15) is 34.5 Å². The van der Waals surface area contributed by atoms with Crippen molar-refractivity contribution >= 4 is 24.2 Å². The highest BCUT2D eigenvalue weighted by Crippen LogP contribution is 2.38. The number of allylic oxidation sites excluding steroid dienone is 2. The van der Waals surface area contributed by atoms with Crippen molar-refractivity contribution in [3.63, 3.8) is 0 Å². The summed E-state index contributed by atoms with van der Waals surface area (Å²) in [4.78, 5) is 53.8. The lowest BCUT2D eigenvalue weighted by Crippen LogP contribution is -2.66. The number of aryl methyl sites for hydroxylation is 1. The molecule has 0 aromatic heterocycles. The molecule has 3 aliphatic rings. The number of benzene rings is 1. The molecule has 2 fully saturated rings. The molecule has 2 saturated heterocycles. The molecule has 16 heteroatoms. The van der Waals surface area contributed by atoms with Crippen LogP contribution in [0.15, 0.2) is 54.6 Å². The van der Waals surface area contributed by atoms with E-state index in [2.05, 4.69) is 12.1 Å². The molecular weight excluding hydrogens is 855 g/mol. The Morgan fingerprint density at radius 1 is 0.924 bits per heavy atom. The molecule has 0 spiro atoms. The lowest BCUT2D eigenvalue weighted by atomic mass is 9.82. The summed E-state index contributed by atoms with van der Waals surface area (Å²) in [6.07, 6.45) is -1.08. The number of aliphatic hydroxyl groups excluding tert-OH is 2. The van der Waals surface area contributed by atoms with Crippen LogP contribution in [0.4, 0.5) is 0 Å². The standard InChI is InChI=1S/C50H77NO15/c1-10-39(54)64-48-34(5)61-42(30-50(48,6)58)65-45-33(4)62-49(44(57)43(45)51(7)8)66-46-36(26-27-52)28-31(2)37(53)24-18-11-14-20-32(3)60-41(56)29-38(47(46)59-9)63-40(55)25-19-13-17-23-35-21-15-12-16-22-35/h11-12,14-16,18,21-22,24,27,31-34,36-38,42-49,53,57-58H,10,13,17,19-20,23,25-26,28-30H2,1-9H3/b14-11+,24-18+/t31-,32-,33-,34+,36?,37+,38?,42+,43-,44-,45-,46+,47+,48+,49+,50-/m1/s1. The molecule has 4 rings (SSSR count). The number of likely N-dealkylation sites (N-methyl/N-ethyl adjacent to an activating group) is 1. The number of hydrogen-bond acceptors (Lipinski definition) is 16. The highest BCUT2D eigenvalue weighted by molar-refractivity contribution is 5.73. The number of rotatable bonds is 17. The Labute approximate surface area is 391 Å². The van der Waals surface area contributed by atoms with Crippen LogP contribution >= 0.6 is 0 Å². The van der Waals surface area contributed by atoms with Gasteiger partial charge in [0.25, 0.3) is 0 Å². The van der Waals surface area contributed by atoms with E-state index in [0.717, 1.165) is 25.5 Å². The van der Waals surface area contributed by atoms with Gasteiger partial charge >= 0.3 is 17.9 Å². The number of ether oxygens (including phenoxy) is 8. The number of esters is 3. The summed E-state index contributed by atoms with van der Waals surface area (Å²) in [7, 11) is 4.91. The maximum absolute atomic E-state index is 13.7. The number of cyclic esters (lactones) is 1. The zero-order valence-electron chi connectivity index (χ0n) is 40.4. The van der Waals surface area contributed by atoms with E-state index in [1.54, 1.807) is 71.8 Å². The third kappa shape index (κ3) is 16.3. The Morgan fingerprint density at radius 3 is 2.30 bits per heavy atom. The molecule has 0 bridgehead atoms. The van der Waals surface area contributed by atoms with E-state index < -0.39 is 121 Å². The summed E-state index contributed by atoms with van der Waals surface area (Å²) in [5.74, 6) is -2.79. The highest BCUT2D eigenvalue weighted by Gasteiger charge is 2.53. The van der Waals surface area contributed by atoms with Crippen LogP contribution in [0.25, 0.3) is 0 Å². The van der Waals surface area contributed by atoms with E-state index in [1.807, 2.05) is 31.2 Å². The van der Waals surface area contributed by atoms with Gasteiger partial charge in [0.1, 0.15) is 42.4 Å². The molecule has 2 unspecified atom stereocenters. The van der Waals surface area contributed by atoms with Crippen LogP contribution < -0.4 is 0 Å². The minimum absolute atomic E-state index is 0.0477. The van der Waals surface area contributed by atoms with Crippen molar-refractivity contribution in [2.75, 3.05) is 21.2 Å². The van der Waals surface area contributed by atoms with E-state index >= 15 is 0 Å². The maximum Gasteiger partial charge on any atom is 0.309 e. The predicted octanol–water partition coefficient (Wildman–Crippen LogP) is 5.16. The number of nitrogens with zero attached hydrogens (tertiary/aromatic N) is 1. The quantitative estimate of drug-likeness (QED) is 0.0799. The summed E-state index contributed by atoms with van der Waals surface area (Å²) < 4.78 is 49.5. The van der Waals surface area contributed by atoms with Gasteiger partial charge in [-0.05, 0) is 84.9 Å². The molecule has 1 aromatic carbocycles. The van der Waals surface area contributed by atoms with Crippen molar-refractivity contribution in [3.8, 4) is 0 Å².